The predicted octanol–water partition coefficient (Wildman–Crippen LogP) is 10.8. The van der Waals surface area contributed by atoms with Crippen molar-refractivity contribution in [2.45, 2.75) is 0 Å². The maximum absolute atomic E-state index is 6.54. The maximum Gasteiger partial charge on any atom is 0.164 e. The number of aromatic nitrogens is 3. The minimum atomic E-state index is 0.611. The van der Waals surface area contributed by atoms with Gasteiger partial charge in [-0.3, -0.25) is 0 Å². The summed E-state index contributed by atoms with van der Waals surface area (Å²) in [5, 5.41) is 4.49. The van der Waals surface area contributed by atoms with Crippen LogP contribution in [-0.4, -0.2) is 15.0 Å². The molecule has 206 valence electrons. The Morgan fingerprint density at radius 3 is 1.86 bits per heavy atom. The first-order valence-corrected chi connectivity index (χ1v) is 15.3. The minimum Gasteiger partial charge on any atom is -0.455 e. The molecule has 0 bridgehead atoms. The van der Waals surface area contributed by atoms with Crippen LogP contribution in [-0.2, 0) is 0 Å². The van der Waals surface area contributed by atoms with Crippen LogP contribution < -0.4 is 0 Å². The number of nitrogens with zero attached hydrogens (tertiary/aromatic N) is 3. The van der Waals surface area contributed by atoms with Gasteiger partial charge in [0, 0.05) is 53.2 Å². The Morgan fingerprint density at radius 2 is 1.05 bits per heavy atom. The summed E-state index contributed by atoms with van der Waals surface area (Å²) in [4.78, 5) is 15.3. The SMILES string of the molecule is c1ccc(-c2nc(-c3ccc4sc5ccccc5c4c3)nc(-c3ccc(-c4ccccc4)c4oc5ccccc5c34)n2)cc1. The molecule has 0 spiro atoms. The lowest BCUT2D eigenvalue weighted by Crippen LogP contribution is -2.00. The largest absolute Gasteiger partial charge is 0.455 e. The zero-order chi connectivity index (χ0) is 29.0. The Labute approximate surface area is 256 Å². The standard InChI is InChI=1S/C39H23N3OS/c1-3-11-24(12-4-1)27-20-21-30(35-29-16-7-9-17-32(29)43-36(27)35)39-41-37(25-13-5-2-6-14-25)40-38(42-39)26-19-22-34-31(23-26)28-15-8-10-18-33(28)44-34/h1-23H. The fourth-order valence-corrected chi connectivity index (χ4v) is 7.15. The van der Waals surface area contributed by atoms with E-state index in [9.17, 15) is 0 Å². The number of para-hydroxylation sites is 1. The van der Waals surface area contributed by atoms with Crippen molar-refractivity contribution >= 4 is 53.4 Å². The van der Waals surface area contributed by atoms with E-state index in [0.717, 1.165) is 49.8 Å². The zero-order valence-corrected chi connectivity index (χ0v) is 24.3. The summed E-state index contributed by atoms with van der Waals surface area (Å²) in [6.45, 7) is 0. The molecule has 6 aromatic carbocycles. The van der Waals surface area contributed by atoms with Gasteiger partial charge in [0.2, 0.25) is 0 Å². The van der Waals surface area contributed by atoms with E-state index in [1.165, 1.54) is 20.2 Å². The lowest BCUT2D eigenvalue weighted by molar-refractivity contribution is 0.670. The molecule has 0 atom stereocenters. The van der Waals surface area contributed by atoms with Crippen LogP contribution in [0.1, 0.15) is 0 Å². The Balaban J connectivity index is 1.32. The van der Waals surface area contributed by atoms with Gasteiger partial charge in [-0.2, -0.15) is 0 Å². The van der Waals surface area contributed by atoms with Gasteiger partial charge in [0.05, 0.1) is 0 Å². The van der Waals surface area contributed by atoms with Gasteiger partial charge in [0.25, 0.3) is 0 Å². The number of benzene rings is 6. The topological polar surface area (TPSA) is 51.8 Å². The molecule has 0 saturated heterocycles. The van der Waals surface area contributed by atoms with E-state index < -0.39 is 0 Å². The monoisotopic (exact) mass is 581 g/mol. The zero-order valence-electron chi connectivity index (χ0n) is 23.4. The summed E-state index contributed by atoms with van der Waals surface area (Å²) in [7, 11) is 0. The first kappa shape index (κ1) is 24.9. The molecule has 0 unspecified atom stereocenters. The molecular weight excluding hydrogens is 559 g/mol. The van der Waals surface area contributed by atoms with Crippen molar-refractivity contribution in [3.8, 4) is 45.3 Å². The fraction of sp³-hybridized carbons (Fsp3) is 0. The third kappa shape index (κ3) is 4.02. The van der Waals surface area contributed by atoms with Crippen molar-refractivity contribution in [3.63, 3.8) is 0 Å². The molecule has 0 aliphatic heterocycles. The van der Waals surface area contributed by atoms with Crippen molar-refractivity contribution in [1.82, 2.24) is 15.0 Å². The summed E-state index contributed by atoms with van der Waals surface area (Å²) < 4.78 is 9.06. The predicted molar refractivity (Wildman–Crippen MR) is 182 cm³/mol. The Kier molecular flexibility index (Phi) is 5.64. The highest BCUT2D eigenvalue weighted by molar-refractivity contribution is 7.25. The van der Waals surface area contributed by atoms with E-state index in [1.807, 2.05) is 54.6 Å². The lowest BCUT2D eigenvalue weighted by atomic mass is 9.98. The molecule has 0 saturated carbocycles. The van der Waals surface area contributed by atoms with Crippen molar-refractivity contribution in [3.05, 3.63) is 140 Å². The molecule has 0 radical (unpaired) electrons. The maximum atomic E-state index is 6.54. The number of fused-ring (bicyclic) bond motifs is 6. The number of hydrogen-bond acceptors (Lipinski definition) is 5. The molecule has 0 N–H and O–H groups in total. The molecule has 0 amide bonds. The molecule has 4 nitrogen and oxygen atoms in total. The van der Waals surface area contributed by atoms with Crippen LogP contribution in [0, 0.1) is 0 Å². The second-order valence-corrected chi connectivity index (χ2v) is 11.9. The van der Waals surface area contributed by atoms with Gasteiger partial charge in [0.1, 0.15) is 11.2 Å². The second-order valence-electron chi connectivity index (χ2n) is 10.8. The van der Waals surface area contributed by atoms with Gasteiger partial charge in [-0.1, -0.05) is 97.1 Å². The lowest BCUT2D eigenvalue weighted by Gasteiger charge is -2.11. The summed E-state index contributed by atoms with van der Waals surface area (Å²) in [6, 6.07) is 47.9. The molecule has 0 aliphatic rings. The van der Waals surface area contributed by atoms with Gasteiger partial charge >= 0.3 is 0 Å². The normalized spacial score (nSPS) is 11.6. The number of rotatable bonds is 4. The Morgan fingerprint density at radius 1 is 0.432 bits per heavy atom. The van der Waals surface area contributed by atoms with E-state index in [0.29, 0.717) is 17.5 Å². The van der Waals surface area contributed by atoms with E-state index in [-0.39, 0.29) is 0 Å². The van der Waals surface area contributed by atoms with Crippen molar-refractivity contribution in [1.29, 1.82) is 0 Å². The highest BCUT2D eigenvalue weighted by Gasteiger charge is 2.20. The summed E-state index contributed by atoms with van der Waals surface area (Å²) >= 11 is 1.80. The number of furan rings is 1. The van der Waals surface area contributed by atoms with Gasteiger partial charge in [0.15, 0.2) is 17.5 Å². The molecule has 3 heterocycles. The summed E-state index contributed by atoms with van der Waals surface area (Å²) in [5.74, 6) is 1.88. The van der Waals surface area contributed by atoms with E-state index >= 15 is 0 Å². The fourth-order valence-electron chi connectivity index (χ4n) is 6.07. The smallest absolute Gasteiger partial charge is 0.164 e. The first-order chi connectivity index (χ1) is 21.8. The molecule has 5 heteroatoms. The highest BCUT2D eigenvalue weighted by atomic mass is 32.1. The van der Waals surface area contributed by atoms with Gasteiger partial charge in [-0.25, -0.2) is 15.0 Å². The van der Waals surface area contributed by atoms with Crippen LogP contribution in [0.25, 0.3) is 87.4 Å². The van der Waals surface area contributed by atoms with Gasteiger partial charge in [-0.05, 0) is 48.0 Å². The molecule has 9 rings (SSSR count). The summed E-state index contributed by atoms with van der Waals surface area (Å²) in [5.41, 5.74) is 6.59. The van der Waals surface area contributed by atoms with E-state index in [4.69, 9.17) is 19.4 Å². The van der Waals surface area contributed by atoms with Gasteiger partial charge < -0.3 is 4.42 Å². The quantitative estimate of drug-likeness (QED) is 0.207. The Hall–Kier alpha value is -5.65. The molecule has 3 aromatic heterocycles. The molecule has 0 aliphatic carbocycles. The average molecular weight is 582 g/mol. The van der Waals surface area contributed by atoms with Crippen LogP contribution in [0.4, 0.5) is 0 Å². The van der Waals surface area contributed by atoms with Crippen LogP contribution >= 0.6 is 11.3 Å². The van der Waals surface area contributed by atoms with Gasteiger partial charge in [-0.15, -0.1) is 11.3 Å². The number of hydrogen-bond donors (Lipinski definition) is 0. The molecule has 9 aromatic rings. The van der Waals surface area contributed by atoms with Crippen molar-refractivity contribution < 1.29 is 4.42 Å². The second kappa shape index (κ2) is 9.97. The van der Waals surface area contributed by atoms with Crippen LogP contribution in [0.15, 0.2) is 144 Å². The van der Waals surface area contributed by atoms with Crippen LogP contribution in [0.5, 0.6) is 0 Å². The average Bonchev–Trinajstić information content (AvgIpc) is 3.67. The molecule has 44 heavy (non-hydrogen) atoms. The highest BCUT2D eigenvalue weighted by Crippen LogP contribution is 2.42. The van der Waals surface area contributed by atoms with E-state index in [1.54, 1.807) is 11.3 Å². The van der Waals surface area contributed by atoms with Crippen LogP contribution in [0.3, 0.4) is 0 Å². The first-order valence-electron chi connectivity index (χ1n) is 14.5. The van der Waals surface area contributed by atoms with Crippen molar-refractivity contribution in [2.24, 2.45) is 0 Å². The third-order valence-corrected chi connectivity index (χ3v) is 9.31. The van der Waals surface area contributed by atoms with Crippen molar-refractivity contribution in [2.75, 3.05) is 0 Å². The molecular formula is C39H23N3OS. The molecule has 0 fully saturated rings. The minimum absolute atomic E-state index is 0.611. The third-order valence-electron chi connectivity index (χ3n) is 8.15. The summed E-state index contributed by atoms with van der Waals surface area (Å²) in [6.07, 6.45) is 0. The Bertz CT molecular complexity index is 2500. The van der Waals surface area contributed by atoms with Crippen LogP contribution in [0.2, 0.25) is 0 Å². The number of thiophene rings is 1. The van der Waals surface area contributed by atoms with E-state index in [2.05, 4.69) is 84.9 Å².